The van der Waals surface area contributed by atoms with Crippen molar-refractivity contribution >= 4 is 7.60 Å². The zero-order chi connectivity index (χ0) is 9.61. The van der Waals surface area contributed by atoms with Crippen molar-refractivity contribution in [2.24, 2.45) is 11.5 Å². The summed E-state index contributed by atoms with van der Waals surface area (Å²) in [5.74, 6) is -1.00. The van der Waals surface area contributed by atoms with Crippen molar-refractivity contribution < 1.29 is 14.4 Å². The molecule has 6 N–H and O–H groups in total. The number of rotatable bonds is 6. The number of hydrogen-bond donors (Lipinski definition) is 4. The van der Waals surface area contributed by atoms with Crippen molar-refractivity contribution in [3.63, 3.8) is 0 Å². The van der Waals surface area contributed by atoms with E-state index in [1.165, 1.54) is 0 Å². The van der Waals surface area contributed by atoms with Gasteiger partial charge in [-0.2, -0.15) is 0 Å². The van der Waals surface area contributed by atoms with Crippen molar-refractivity contribution in [3.8, 4) is 0 Å². The predicted octanol–water partition coefficient (Wildman–Crippen LogP) is -0.0320. The summed E-state index contributed by atoms with van der Waals surface area (Å²) >= 11 is 0. The molecule has 0 aromatic heterocycles. The third-order valence-electron chi connectivity index (χ3n) is 1.64. The Hall–Kier alpha value is 0.0700. The van der Waals surface area contributed by atoms with Gasteiger partial charge in [0.15, 0.2) is 0 Å². The fraction of sp³-hybridized carbons (Fsp3) is 1.00. The van der Waals surface area contributed by atoms with Gasteiger partial charge >= 0.3 is 7.60 Å². The first-order chi connectivity index (χ1) is 5.48. The minimum absolute atomic E-state index is 0.365. The minimum atomic E-state index is -4.06. The van der Waals surface area contributed by atoms with Crippen LogP contribution in [0.3, 0.4) is 0 Å². The first kappa shape index (κ1) is 12.1. The molecule has 0 aliphatic carbocycles. The van der Waals surface area contributed by atoms with Crippen LogP contribution in [0.4, 0.5) is 0 Å². The van der Waals surface area contributed by atoms with E-state index in [0.29, 0.717) is 13.0 Å². The minimum Gasteiger partial charge on any atom is -0.330 e. The Morgan fingerprint density at radius 3 is 2.25 bits per heavy atom. The largest absolute Gasteiger partial charge is 0.342 e. The van der Waals surface area contributed by atoms with Crippen molar-refractivity contribution in [2.45, 2.75) is 31.5 Å². The van der Waals surface area contributed by atoms with Crippen LogP contribution in [0.2, 0.25) is 0 Å². The third-order valence-corrected chi connectivity index (χ3v) is 2.76. The number of hydrogen-bond acceptors (Lipinski definition) is 3. The smallest absolute Gasteiger partial charge is 0.330 e. The van der Waals surface area contributed by atoms with E-state index in [2.05, 4.69) is 0 Å². The van der Waals surface area contributed by atoms with Crippen LogP contribution < -0.4 is 11.5 Å². The van der Waals surface area contributed by atoms with Gasteiger partial charge in [-0.1, -0.05) is 12.8 Å². The average molecular weight is 196 g/mol. The lowest BCUT2D eigenvalue weighted by atomic mass is 10.2. The molecule has 5 nitrogen and oxygen atoms in total. The maximum atomic E-state index is 10.5. The Morgan fingerprint density at radius 1 is 1.25 bits per heavy atom. The summed E-state index contributed by atoms with van der Waals surface area (Å²) in [7, 11) is -4.06. The standard InChI is InChI=1S/C6H17N2O3P/c7-5-3-1-2-4-6(8)12(9,10)11/h6H,1-5,7-8H2,(H2,9,10,11). The quantitative estimate of drug-likeness (QED) is 0.352. The molecule has 0 aromatic rings. The van der Waals surface area contributed by atoms with Crippen LogP contribution in [0, 0.1) is 0 Å². The molecule has 74 valence electrons. The molecule has 0 heterocycles. The van der Waals surface area contributed by atoms with Crippen LogP contribution in [0.5, 0.6) is 0 Å². The molecular formula is C6H17N2O3P. The summed E-state index contributed by atoms with van der Waals surface area (Å²) in [5, 5.41) is 0. The van der Waals surface area contributed by atoms with E-state index in [9.17, 15) is 4.57 Å². The van der Waals surface area contributed by atoms with Crippen molar-refractivity contribution in [1.82, 2.24) is 0 Å². The van der Waals surface area contributed by atoms with Gasteiger partial charge in [-0.3, -0.25) is 4.57 Å². The lowest BCUT2D eigenvalue weighted by molar-refractivity contribution is 0.353. The highest BCUT2D eigenvalue weighted by atomic mass is 31.2. The average Bonchev–Trinajstić information content (AvgIpc) is 1.96. The summed E-state index contributed by atoms with van der Waals surface area (Å²) < 4.78 is 10.5. The highest BCUT2D eigenvalue weighted by molar-refractivity contribution is 7.52. The summed E-state index contributed by atoms with van der Waals surface area (Å²) in [6.07, 6.45) is 2.85. The van der Waals surface area contributed by atoms with Crippen molar-refractivity contribution in [3.05, 3.63) is 0 Å². The Labute approximate surface area is 72.3 Å². The maximum Gasteiger partial charge on any atom is 0.342 e. The molecule has 0 saturated carbocycles. The Kier molecular flexibility index (Phi) is 5.70. The fourth-order valence-corrected chi connectivity index (χ4v) is 1.36. The van der Waals surface area contributed by atoms with Gasteiger partial charge in [-0.25, -0.2) is 0 Å². The van der Waals surface area contributed by atoms with Crippen molar-refractivity contribution in [1.29, 1.82) is 0 Å². The van der Waals surface area contributed by atoms with E-state index in [1.807, 2.05) is 0 Å². The van der Waals surface area contributed by atoms with E-state index in [4.69, 9.17) is 21.3 Å². The zero-order valence-electron chi connectivity index (χ0n) is 7.02. The van der Waals surface area contributed by atoms with Gasteiger partial charge in [-0.05, 0) is 19.4 Å². The van der Waals surface area contributed by atoms with Gasteiger partial charge in [0.1, 0.15) is 5.78 Å². The van der Waals surface area contributed by atoms with Crippen LogP contribution in [-0.4, -0.2) is 22.1 Å². The van der Waals surface area contributed by atoms with Gasteiger partial charge in [0.25, 0.3) is 0 Å². The molecular weight excluding hydrogens is 179 g/mol. The SMILES string of the molecule is NCCCCCC(N)P(=O)(O)O. The Balaban J connectivity index is 3.45. The third kappa shape index (κ3) is 5.69. The second-order valence-corrected chi connectivity index (χ2v) is 4.64. The van der Waals surface area contributed by atoms with E-state index >= 15 is 0 Å². The summed E-state index contributed by atoms with van der Waals surface area (Å²) in [6, 6.07) is 0. The predicted molar refractivity (Wildman–Crippen MR) is 47.5 cm³/mol. The second kappa shape index (κ2) is 5.67. The molecule has 6 heteroatoms. The summed E-state index contributed by atoms with van der Waals surface area (Å²) in [4.78, 5) is 17.2. The highest BCUT2D eigenvalue weighted by Gasteiger charge is 2.23. The van der Waals surface area contributed by atoms with Crippen molar-refractivity contribution in [2.75, 3.05) is 6.54 Å². The molecule has 0 aliphatic heterocycles. The number of unbranched alkanes of at least 4 members (excludes halogenated alkanes) is 2. The first-order valence-electron chi connectivity index (χ1n) is 3.99. The lowest BCUT2D eigenvalue weighted by Crippen LogP contribution is -2.19. The lowest BCUT2D eigenvalue weighted by Gasteiger charge is -2.12. The fourth-order valence-electron chi connectivity index (χ4n) is 0.843. The summed E-state index contributed by atoms with van der Waals surface area (Å²) in [6.45, 7) is 0.616. The molecule has 0 radical (unpaired) electrons. The van der Waals surface area contributed by atoms with Crippen LogP contribution >= 0.6 is 7.60 Å². The highest BCUT2D eigenvalue weighted by Crippen LogP contribution is 2.40. The second-order valence-electron chi connectivity index (χ2n) is 2.79. The molecule has 0 bridgehead atoms. The zero-order valence-corrected chi connectivity index (χ0v) is 7.91. The molecule has 0 fully saturated rings. The van der Waals surface area contributed by atoms with E-state index < -0.39 is 13.4 Å². The van der Waals surface area contributed by atoms with Crippen LogP contribution in [0.15, 0.2) is 0 Å². The topological polar surface area (TPSA) is 110 Å². The molecule has 0 saturated heterocycles. The van der Waals surface area contributed by atoms with Gasteiger partial charge in [0, 0.05) is 0 Å². The van der Waals surface area contributed by atoms with E-state index in [-0.39, 0.29) is 0 Å². The van der Waals surface area contributed by atoms with Gasteiger partial charge in [0.05, 0.1) is 0 Å². The molecule has 1 unspecified atom stereocenters. The molecule has 0 aromatic carbocycles. The normalized spacial score (nSPS) is 14.7. The molecule has 1 atom stereocenters. The van der Waals surface area contributed by atoms with Crippen LogP contribution in [0.25, 0.3) is 0 Å². The monoisotopic (exact) mass is 196 g/mol. The molecule has 0 amide bonds. The van der Waals surface area contributed by atoms with E-state index in [1.54, 1.807) is 0 Å². The van der Waals surface area contributed by atoms with Gasteiger partial charge in [-0.15, -0.1) is 0 Å². The first-order valence-corrected chi connectivity index (χ1v) is 5.67. The van der Waals surface area contributed by atoms with Crippen LogP contribution in [0.1, 0.15) is 25.7 Å². The molecule has 0 rings (SSSR count). The van der Waals surface area contributed by atoms with E-state index in [0.717, 1.165) is 19.3 Å². The Bertz CT molecular complexity index is 159. The number of nitrogens with two attached hydrogens (primary N) is 2. The maximum absolute atomic E-state index is 10.5. The Morgan fingerprint density at radius 2 is 1.83 bits per heavy atom. The summed E-state index contributed by atoms with van der Waals surface area (Å²) in [5.41, 5.74) is 10.5. The molecule has 0 spiro atoms. The van der Waals surface area contributed by atoms with Gasteiger partial charge in [0.2, 0.25) is 0 Å². The molecule has 12 heavy (non-hydrogen) atoms. The van der Waals surface area contributed by atoms with Crippen LogP contribution in [-0.2, 0) is 4.57 Å². The van der Waals surface area contributed by atoms with Gasteiger partial charge < -0.3 is 21.3 Å². The molecule has 0 aliphatic rings.